The number of thioether (sulfide) groups is 1. The van der Waals surface area contributed by atoms with Gasteiger partial charge in [-0.2, -0.15) is 0 Å². The molecule has 2 amide bonds. The SMILES string of the molecule is O=C1CSc2ccc(N3C[C@H](CNC[C@@H]4Cn5c(=O)ccc6ncc(F)c4c65)OC3=O)cc2N1. The highest BCUT2D eigenvalue weighted by Gasteiger charge is 2.34. The molecule has 0 radical (unpaired) electrons. The van der Waals surface area contributed by atoms with Crippen molar-refractivity contribution in [3.8, 4) is 0 Å². The van der Waals surface area contributed by atoms with E-state index in [-0.39, 0.29) is 23.5 Å². The van der Waals surface area contributed by atoms with E-state index in [9.17, 15) is 18.8 Å². The fourth-order valence-electron chi connectivity index (χ4n) is 4.81. The average Bonchev–Trinajstić information content (AvgIpc) is 3.39. The molecule has 0 bridgehead atoms. The van der Waals surface area contributed by atoms with Gasteiger partial charge < -0.3 is 19.9 Å². The summed E-state index contributed by atoms with van der Waals surface area (Å²) < 4.78 is 21.7. The third-order valence-corrected chi connectivity index (χ3v) is 7.42. The third kappa shape index (κ3) is 3.51. The molecule has 3 aliphatic rings. The molecule has 0 unspecified atom stereocenters. The predicted molar refractivity (Wildman–Crippen MR) is 125 cm³/mol. The van der Waals surface area contributed by atoms with Crippen LogP contribution in [0.15, 0.2) is 46.2 Å². The number of amides is 2. The third-order valence-electron chi connectivity index (χ3n) is 6.35. The highest BCUT2D eigenvalue weighted by Crippen LogP contribution is 2.36. The predicted octanol–water partition coefficient (Wildman–Crippen LogP) is 2.29. The molecule has 174 valence electrons. The van der Waals surface area contributed by atoms with Gasteiger partial charge in [-0.25, -0.2) is 9.18 Å². The van der Waals surface area contributed by atoms with Crippen LogP contribution in [0.1, 0.15) is 11.5 Å². The second kappa shape index (κ2) is 8.10. The Labute approximate surface area is 197 Å². The zero-order chi connectivity index (χ0) is 23.4. The summed E-state index contributed by atoms with van der Waals surface area (Å²) in [6, 6.07) is 8.57. The van der Waals surface area contributed by atoms with E-state index in [2.05, 4.69) is 15.6 Å². The summed E-state index contributed by atoms with van der Waals surface area (Å²) >= 11 is 1.46. The lowest BCUT2D eigenvalue weighted by molar-refractivity contribution is -0.113. The summed E-state index contributed by atoms with van der Waals surface area (Å²) in [5, 5.41) is 6.10. The monoisotopic (exact) mass is 481 g/mol. The summed E-state index contributed by atoms with van der Waals surface area (Å²) in [6.07, 6.45) is 0.352. The smallest absolute Gasteiger partial charge is 0.414 e. The van der Waals surface area contributed by atoms with Crippen LogP contribution in [0.25, 0.3) is 11.0 Å². The number of anilines is 2. The second-order valence-corrected chi connectivity index (χ2v) is 9.54. The van der Waals surface area contributed by atoms with Crippen LogP contribution in [-0.4, -0.2) is 53.0 Å². The number of carbonyl (C=O) groups is 2. The molecular formula is C23H20FN5O4S. The molecule has 1 fully saturated rings. The van der Waals surface area contributed by atoms with Gasteiger partial charge in [-0.15, -0.1) is 11.8 Å². The molecule has 5 heterocycles. The van der Waals surface area contributed by atoms with E-state index in [0.29, 0.717) is 59.9 Å². The van der Waals surface area contributed by atoms with Gasteiger partial charge in [-0.1, -0.05) is 0 Å². The minimum Gasteiger partial charge on any atom is -0.443 e. The molecule has 1 saturated heterocycles. The Balaban J connectivity index is 1.12. The summed E-state index contributed by atoms with van der Waals surface area (Å²) in [5.41, 5.74) is 2.81. The van der Waals surface area contributed by atoms with Crippen molar-refractivity contribution in [2.24, 2.45) is 0 Å². The number of nitrogens with zero attached hydrogens (tertiary/aromatic N) is 3. The molecule has 0 spiro atoms. The van der Waals surface area contributed by atoms with Crippen molar-refractivity contribution >= 4 is 46.2 Å². The first-order valence-corrected chi connectivity index (χ1v) is 11.9. The van der Waals surface area contributed by atoms with E-state index >= 15 is 0 Å². The van der Waals surface area contributed by atoms with Crippen LogP contribution >= 0.6 is 11.8 Å². The molecule has 3 aliphatic heterocycles. The van der Waals surface area contributed by atoms with Crippen LogP contribution in [0.5, 0.6) is 0 Å². The summed E-state index contributed by atoms with van der Waals surface area (Å²) in [7, 11) is 0. The van der Waals surface area contributed by atoms with Gasteiger partial charge in [0.2, 0.25) is 5.91 Å². The summed E-state index contributed by atoms with van der Waals surface area (Å²) in [4.78, 5) is 43.0. The molecule has 2 aromatic heterocycles. The van der Waals surface area contributed by atoms with Crippen LogP contribution in [0.3, 0.4) is 0 Å². The van der Waals surface area contributed by atoms with E-state index in [1.54, 1.807) is 16.7 Å². The van der Waals surface area contributed by atoms with Crippen LogP contribution < -0.4 is 21.1 Å². The Hall–Kier alpha value is -3.44. The van der Waals surface area contributed by atoms with Crippen molar-refractivity contribution in [1.29, 1.82) is 0 Å². The zero-order valence-electron chi connectivity index (χ0n) is 17.9. The van der Waals surface area contributed by atoms with Gasteiger partial charge >= 0.3 is 6.09 Å². The van der Waals surface area contributed by atoms with Crippen molar-refractivity contribution in [2.45, 2.75) is 23.5 Å². The molecule has 0 aliphatic carbocycles. The molecular weight excluding hydrogens is 461 g/mol. The minimum absolute atomic E-state index is 0.0695. The van der Waals surface area contributed by atoms with Gasteiger partial charge in [0.15, 0.2) is 0 Å². The lowest BCUT2D eigenvalue weighted by atomic mass is 10.0. The van der Waals surface area contributed by atoms with Gasteiger partial charge in [0.25, 0.3) is 5.56 Å². The fourth-order valence-corrected chi connectivity index (χ4v) is 5.60. The van der Waals surface area contributed by atoms with Crippen molar-refractivity contribution < 1.29 is 18.7 Å². The number of rotatable bonds is 5. The van der Waals surface area contributed by atoms with Crippen LogP contribution in [0, 0.1) is 5.82 Å². The Morgan fingerprint density at radius 1 is 1.18 bits per heavy atom. The minimum atomic E-state index is -0.455. The lowest BCUT2D eigenvalue weighted by Gasteiger charge is -2.20. The number of nitrogens with one attached hydrogen (secondary N) is 2. The van der Waals surface area contributed by atoms with E-state index < -0.39 is 11.9 Å². The first kappa shape index (κ1) is 21.1. The summed E-state index contributed by atoms with van der Waals surface area (Å²) in [6.45, 7) is 1.53. The highest BCUT2D eigenvalue weighted by atomic mass is 32.2. The largest absolute Gasteiger partial charge is 0.443 e. The molecule has 34 heavy (non-hydrogen) atoms. The van der Waals surface area contributed by atoms with Crippen molar-refractivity contribution in [2.75, 3.05) is 35.6 Å². The number of fused-ring (bicyclic) bond motifs is 1. The number of cyclic esters (lactones) is 1. The Morgan fingerprint density at radius 3 is 2.94 bits per heavy atom. The lowest BCUT2D eigenvalue weighted by Crippen LogP contribution is -2.33. The Bertz CT molecular complexity index is 1410. The Kier molecular flexibility index (Phi) is 5.03. The van der Waals surface area contributed by atoms with Gasteiger partial charge in [-0.05, 0) is 24.3 Å². The van der Waals surface area contributed by atoms with Gasteiger partial charge in [0, 0.05) is 47.8 Å². The molecule has 9 nitrogen and oxygen atoms in total. The number of hydrogen-bond acceptors (Lipinski definition) is 7. The van der Waals surface area contributed by atoms with Crippen molar-refractivity contribution in [3.05, 3.63) is 58.3 Å². The first-order valence-electron chi connectivity index (χ1n) is 10.9. The van der Waals surface area contributed by atoms with Crippen molar-refractivity contribution in [1.82, 2.24) is 14.9 Å². The summed E-state index contributed by atoms with van der Waals surface area (Å²) in [5.74, 6) is -0.343. The molecule has 0 saturated carbocycles. The fraction of sp³-hybridized carbons (Fsp3) is 0.304. The maximum absolute atomic E-state index is 14.6. The van der Waals surface area contributed by atoms with Crippen LogP contribution in [-0.2, 0) is 16.1 Å². The van der Waals surface area contributed by atoms with E-state index in [1.165, 1.54) is 28.9 Å². The zero-order valence-corrected chi connectivity index (χ0v) is 18.7. The number of aromatic nitrogens is 2. The molecule has 2 N–H and O–H groups in total. The topological polar surface area (TPSA) is 106 Å². The number of pyridine rings is 2. The van der Waals surface area contributed by atoms with Crippen LogP contribution in [0.4, 0.5) is 20.6 Å². The average molecular weight is 482 g/mol. The molecule has 6 rings (SSSR count). The van der Waals surface area contributed by atoms with E-state index in [1.807, 2.05) is 12.1 Å². The van der Waals surface area contributed by atoms with Crippen molar-refractivity contribution in [3.63, 3.8) is 0 Å². The standard InChI is InChI=1S/C23H20FN5O4S/c24-15-8-26-16-2-4-20(31)29-9-12(21(15)22(16)29)6-25-7-14-10-28(23(32)33-14)13-1-3-18-17(5-13)27-19(30)11-34-18/h1-5,8,12,14,25H,6-7,9-11H2,(H,27,30)/t12-,14+/m1/s1. The first-order chi connectivity index (χ1) is 16.5. The molecule has 11 heteroatoms. The van der Waals surface area contributed by atoms with E-state index in [4.69, 9.17) is 4.74 Å². The number of carbonyl (C=O) groups excluding carboxylic acids is 2. The van der Waals surface area contributed by atoms with Gasteiger partial charge in [0.05, 0.1) is 35.2 Å². The number of ether oxygens (including phenoxy) is 1. The van der Waals surface area contributed by atoms with Gasteiger partial charge in [-0.3, -0.25) is 19.5 Å². The molecule has 3 aromatic rings. The van der Waals surface area contributed by atoms with Crippen LogP contribution in [0.2, 0.25) is 0 Å². The second-order valence-electron chi connectivity index (χ2n) is 8.52. The molecule has 2 atom stereocenters. The Morgan fingerprint density at radius 2 is 2.06 bits per heavy atom. The highest BCUT2D eigenvalue weighted by molar-refractivity contribution is 8.00. The normalized spacial score (nSPS) is 21.0. The quantitative estimate of drug-likeness (QED) is 0.576. The number of hydrogen-bond donors (Lipinski definition) is 2. The number of benzene rings is 1. The van der Waals surface area contributed by atoms with Gasteiger partial charge in [0.1, 0.15) is 11.9 Å². The molecule has 1 aromatic carbocycles. The number of halogens is 1. The van der Waals surface area contributed by atoms with E-state index in [0.717, 1.165) is 4.90 Å². The maximum atomic E-state index is 14.6. The maximum Gasteiger partial charge on any atom is 0.414 e.